The molecule has 2 unspecified atom stereocenters. The molecule has 18 heavy (non-hydrogen) atoms. The van der Waals surface area contributed by atoms with Gasteiger partial charge in [0, 0.05) is 12.6 Å². The van der Waals surface area contributed by atoms with Crippen LogP contribution in [0.5, 0.6) is 0 Å². The normalized spacial score (nSPS) is 23.3. The van der Waals surface area contributed by atoms with Crippen LogP contribution < -0.4 is 5.32 Å². The summed E-state index contributed by atoms with van der Waals surface area (Å²) in [7, 11) is 1.37. The smallest absolute Gasteiger partial charge is 0.341 e. The summed E-state index contributed by atoms with van der Waals surface area (Å²) in [6.45, 7) is 5.20. The average Bonchev–Trinajstić information content (AvgIpc) is 2.92. The Morgan fingerprint density at radius 3 is 3.00 bits per heavy atom. The zero-order valence-corrected chi connectivity index (χ0v) is 11.0. The van der Waals surface area contributed by atoms with Crippen LogP contribution in [-0.2, 0) is 16.0 Å². The summed E-state index contributed by atoms with van der Waals surface area (Å²) < 4.78 is 15.7. The van der Waals surface area contributed by atoms with Crippen LogP contribution in [0.4, 0.5) is 0 Å². The molecule has 0 aromatic carbocycles. The number of furan rings is 1. The van der Waals surface area contributed by atoms with E-state index in [9.17, 15) is 4.79 Å². The fraction of sp³-hybridized carbons (Fsp3) is 0.615. The van der Waals surface area contributed by atoms with Gasteiger partial charge in [0.2, 0.25) is 0 Å². The fourth-order valence-corrected chi connectivity index (χ4v) is 2.17. The Labute approximate surface area is 106 Å². The minimum Gasteiger partial charge on any atom is -0.465 e. The lowest BCUT2D eigenvalue weighted by atomic mass is 10.1. The lowest BCUT2D eigenvalue weighted by molar-refractivity contribution is 0.0599. The van der Waals surface area contributed by atoms with E-state index >= 15 is 0 Å². The van der Waals surface area contributed by atoms with E-state index in [-0.39, 0.29) is 12.1 Å². The van der Waals surface area contributed by atoms with Crippen molar-refractivity contribution in [3.05, 3.63) is 23.2 Å². The number of methoxy groups -OCH3 is 1. The Kier molecular flexibility index (Phi) is 4.04. The van der Waals surface area contributed by atoms with Crippen molar-refractivity contribution in [1.29, 1.82) is 0 Å². The molecule has 1 N–H and O–H groups in total. The molecule has 2 rings (SSSR count). The molecule has 100 valence electrons. The van der Waals surface area contributed by atoms with Crippen LogP contribution in [-0.4, -0.2) is 31.8 Å². The van der Waals surface area contributed by atoms with Crippen molar-refractivity contribution in [2.45, 2.75) is 39.0 Å². The van der Waals surface area contributed by atoms with Gasteiger partial charge in [-0.1, -0.05) is 0 Å². The van der Waals surface area contributed by atoms with E-state index in [1.807, 2.05) is 0 Å². The second kappa shape index (κ2) is 5.54. The molecule has 0 radical (unpaired) electrons. The number of hydrogen-bond donors (Lipinski definition) is 1. The molecule has 2 heterocycles. The minimum absolute atomic E-state index is 0.223. The van der Waals surface area contributed by atoms with Gasteiger partial charge in [0.1, 0.15) is 17.1 Å². The molecule has 5 nitrogen and oxygen atoms in total. The summed E-state index contributed by atoms with van der Waals surface area (Å²) in [5.74, 6) is 0.974. The summed E-state index contributed by atoms with van der Waals surface area (Å²) in [5, 5.41) is 3.37. The molecule has 1 saturated heterocycles. The van der Waals surface area contributed by atoms with Crippen LogP contribution in [0.25, 0.3) is 0 Å². The van der Waals surface area contributed by atoms with Gasteiger partial charge < -0.3 is 19.2 Å². The van der Waals surface area contributed by atoms with Gasteiger partial charge in [0.05, 0.1) is 19.8 Å². The van der Waals surface area contributed by atoms with Crippen molar-refractivity contribution < 1.29 is 18.7 Å². The third-order valence-corrected chi connectivity index (χ3v) is 3.29. The molecule has 0 amide bonds. The van der Waals surface area contributed by atoms with E-state index in [0.717, 1.165) is 18.8 Å². The number of esters is 1. The van der Waals surface area contributed by atoms with Crippen LogP contribution in [0.15, 0.2) is 10.5 Å². The molecular formula is C13H19NO4. The Hall–Kier alpha value is -1.33. The SMILES string of the molecule is COC(=O)c1cc(CNC2CCOC2C)oc1C. The van der Waals surface area contributed by atoms with Crippen LogP contribution in [0.2, 0.25) is 0 Å². The molecule has 0 spiro atoms. The molecule has 1 fully saturated rings. The highest BCUT2D eigenvalue weighted by atomic mass is 16.5. The summed E-state index contributed by atoms with van der Waals surface area (Å²) in [4.78, 5) is 11.4. The lowest BCUT2D eigenvalue weighted by Gasteiger charge is -2.14. The highest BCUT2D eigenvalue weighted by molar-refractivity contribution is 5.90. The molecule has 0 aliphatic carbocycles. The van der Waals surface area contributed by atoms with E-state index < -0.39 is 0 Å². The number of carbonyl (C=O) groups excluding carboxylic acids is 1. The number of hydrogen-bond acceptors (Lipinski definition) is 5. The van der Waals surface area contributed by atoms with Crippen LogP contribution in [0.1, 0.15) is 35.2 Å². The van der Waals surface area contributed by atoms with Crippen molar-refractivity contribution in [1.82, 2.24) is 5.32 Å². The molecule has 5 heteroatoms. The maximum atomic E-state index is 11.4. The Morgan fingerprint density at radius 1 is 1.61 bits per heavy atom. The zero-order chi connectivity index (χ0) is 13.1. The molecule has 1 aromatic rings. The van der Waals surface area contributed by atoms with Crippen molar-refractivity contribution >= 4 is 5.97 Å². The second-order valence-corrected chi connectivity index (χ2v) is 4.53. The molecule has 0 bridgehead atoms. The van der Waals surface area contributed by atoms with E-state index in [1.54, 1.807) is 13.0 Å². The maximum Gasteiger partial charge on any atom is 0.341 e. The Balaban J connectivity index is 1.95. The van der Waals surface area contributed by atoms with Gasteiger partial charge in [0.15, 0.2) is 0 Å². The van der Waals surface area contributed by atoms with E-state index in [2.05, 4.69) is 17.0 Å². The number of carbonyl (C=O) groups is 1. The molecule has 1 aliphatic heterocycles. The lowest BCUT2D eigenvalue weighted by Crippen LogP contribution is -2.33. The topological polar surface area (TPSA) is 60.7 Å². The standard InChI is InChI=1S/C13H19NO4/c1-8-11(13(15)16-3)6-10(18-8)7-14-12-4-5-17-9(12)2/h6,9,12,14H,4-5,7H2,1-3H3. The molecule has 0 saturated carbocycles. The van der Waals surface area contributed by atoms with E-state index in [0.29, 0.717) is 23.9 Å². The molecule has 1 aromatic heterocycles. The summed E-state index contributed by atoms with van der Waals surface area (Å²) >= 11 is 0. The third kappa shape index (κ3) is 2.73. The number of rotatable bonds is 4. The number of nitrogens with one attached hydrogen (secondary N) is 1. The minimum atomic E-state index is -0.361. The van der Waals surface area contributed by atoms with Gasteiger partial charge in [0.25, 0.3) is 0 Å². The highest BCUT2D eigenvalue weighted by Crippen LogP contribution is 2.17. The first-order chi connectivity index (χ1) is 8.61. The summed E-state index contributed by atoms with van der Waals surface area (Å²) in [6, 6.07) is 2.08. The average molecular weight is 253 g/mol. The Morgan fingerprint density at radius 2 is 2.39 bits per heavy atom. The Bertz CT molecular complexity index is 427. The summed E-state index contributed by atoms with van der Waals surface area (Å²) in [6.07, 6.45) is 1.23. The zero-order valence-electron chi connectivity index (χ0n) is 11.0. The molecule has 1 aliphatic rings. The van der Waals surface area contributed by atoms with Crippen molar-refractivity contribution in [3.63, 3.8) is 0 Å². The van der Waals surface area contributed by atoms with E-state index in [4.69, 9.17) is 9.15 Å². The van der Waals surface area contributed by atoms with Crippen LogP contribution in [0.3, 0.4) is 0 Å². The molecule has 2 atom stereocenters. The fourth-order valence-electron chi connectivity index (χ4n) is 2.17. The van der Waals surface area contributed by atoms with Gasteiger partial charge in [-0.05, 0) is 26.3 Å². The largest absolute Gasteiger partial charge is 0.465 e. The van der Waals surface area contributed by atoms with Crippen LogP contribution >= 0.6 is 0 Å². The highest BCUT2D eigenvalue weighted by Gasteiger charge is 2.24. The third-order valence-electron chi connectivity index (χ3n) is 3.29. The van der Waals surface area contributed by atoms with Gasteiger partial charge in [-0.2, -0.15) is 0 Å². The predicted molar refractivity (Wildman–Crippen MR) is 65.4 cm³/mol. The van der Waals surface area contributed by atoms with Gasteiger partial charge >= 0.3 is 5.97 Å². The first-order valence-corrected chi connectivity index (χ1v) is 6.14. The maximum absolute atomic E-state index is 11.4. The van der Waals surface area contributed by atoms with Crippen LogP contribution in [0, 0.1) is 6.92 Å². The van der Waals surface area contributed by atoms with Gasteiger partial charge in [-0.25, -0.2) is 4.79 Å². The second-order valence-electron chi connectivity index (χ2n) is 4.53. The quantitative estimate of drug-likeness (QED) is 0.827. The van der Waals surface area contributed by atoms with Crippen molar-refractivity contribution in [2.24, 2.45) is 0 Å². The summed E-state index contributed by atoms with van der Waals surface area (Å²) in [5.41, 5.74) is 0.491. The first-order valence-electron chi connectivity index (χ1n) is 6.14. The van der Waals surface area contributed by atoms with Crippen molar-refractivity contribution in [3.8, 4) is 0 Å². The first kappa shape index (κ1) is 13.1. The van der Waals surface area contributed by atoms with Crippen molar-refractivity contribution in [2.75, 3.05) is 13.7 Å². The monoisotopic (exact) mass is 253 g/mol. The molecular weight excluding hydrogens is 234 g/mol. The van der Waals surface area contributed by atoms with E-state index in [1.165, 1.54) is 7.11 Å². The van der Waals surface area contributed by atoms with Gasteiger partial charge in [-0.3, -0.25) is 0 Å². The predicted octanol–water partition coefficient (Wildman–Crippen LogP) is 1.64. The number of aryl methyl sites for hydroxylation is 1. The number of ether oxygens (including phenoxy) is 2. The van der Waals surface area contributed by atoms with Gasteiger partial charge in [-0.15, -0.1) is 0 Å².